The van der Waals surface area contributed by atoms with Crippen LogP contribution in [-0.4, -0.2) is 35.2 Å². The molecule has 0 saturated heterocycles. The van der Waals surface area contributed by atoms with Gasteiger partial charge in [-0.1, -0.05) is 61.9 Å². The van der Waals surface area contributed by atoms with Gasteiger partial charge in [-0.15, -0.1) is 17.5 Å². The van der Waals surface area contributed by atoms with E-state index in [1.54, 1.807) is 0 Å². The summed E-state index contributed by atoms with van der Waals surface area (Å²) in [5.74, 6) is 1.76. The van der Waals surface area contributed by atoms with Crippen molar-refractivity contribution in [1.82, 2.24) is 35.2 Å². The summed E-state index contributed by atoms with van der Waals surface area (Å²) in [4.78, 5) is 9.42. The number of aryl methyl sites for hydroxylation is 1. The number of fused-ring (bicyclic) bond motifs is 1. The lowest BCUT2D eigenvalue weighted by Gasteiger charge is -2.11. The molecule has 162 valence electrons. The minimum absolute atomic E-state index is 0. The van der Waals surface area contributed by atoms with Crippen molar-refractivity contribution in [3.8, 4) is 22.5 Å². The first-order valence-corrected chi connectivity index (χ1v) is 10.6. The molecule has 1 N–H and O–H groups in total. The fourth-order valence-corrected chi connectivity index (χ4v) is 3.88. The van der Waals surface area contributed by atoms with Crippen LogP contribution in [0.4, 0.5) is 0 Å². The summed E-state index contributed by atoms with van der Waals surface area (Å²) in [6.07, 6.45) is 5.06. The number of benzene rings is 2. The second-order valence-electron chi connectivity index (χ2n) is 7.56. The van der Waals surface area contributed by atoms with Crippen molar-refractivity contribution in [3.05, 3.63) is 78.2 Å². The Bertz CT molecular complexity index is 1290. The molecule has 3 heterocycles. The van der Waals surface area contributed by atoms with Gasteiger partial charge in [0.15, 0.2) is 11.5 Å². The normalized spacial score (nSPS) is 10.9. The highest BCUT2D eigenvalue weighted by molar-refractivity contribution is 5.85. The quantitative estimate of drug-likeness (QED) is 0.377. The van der Waals surface area contributed by atoms with Crippen LogP contribution in [0, 0.1) is 0 Å². The van der Waals surface area contributed by atoms with Gasteiger partial charge in [0.1, 0.15) is 11.3 Å². The van der Waals surface area contributed by atoms with E-state index in [0.717, 1.165) is 59.5 Å². The van der Waals surface area contributed by atoms with E-state index < -0.39 is 0 Å². The van der Waals surface area contributed by atoms with E-state index >= 15 is 0 Å². The van der Waals surface area contributed by atoms with Crippen molar-refractivity contribution in [1.29, 1.82) is 0 Å². The molecule has 0 fully saturated rings. The van der Waals surface area contributed by atoms with Gasteiger partial charge in [0.05, 0.1) is 6.54 Å². The number of pyridine rings is 1. The van der Waals surface area contributed by atoms with Crippen molar-refractivity contribution in [2.45, 2.75) is 32.7 Å². The summed E-state index contributed by atoms with van der Waals surface area (Å²) >= 11 is 0. The Morgan fingerprint density at radius 2 is 1.75 bits per heavy atom. The number of hydrogen-bond donors (Lipinski definition) is 1. The standard InChI is InChI=1S/C24H23N7.ClH/c1-2-3-10-22-26-21-9-6-15-25-24(21)31(22)16-17-11-13-18(14-12-17)19-7-4-5-8-20(19)23-27-29-30-28-23;/h4-9,11-15H,2-3,10,16H2,1H3,(H,27,28,29,30);1H. The van der Waals surface area contributed by atoms with Gasteiger partial charge < -0.3 is 4.57 Å². The van der Waals surface area contributed by atoms with E-state index in [2.05, 4.69) is 67.4 Å². The zero-order chi connectivity index (χ0) is 21.0. The summed E-state index contributed by atoms with van der Waals surface area (Å²) in [5, 5.41) is 14.3. The molecular weight excluding hydrogens is 422 g/mol. The van der Waals surface area contributed by atoms with Crippen molar-refractivity contribution in [3.63, 3.8) is 0 Å². The average Bonchev–Trinajstić information content (AvgIpc) is 3.47. The number of imidazole rings is 1. The van der Waals surface area contributed by atoms with Gasteiger partial charge in [0, 0.05) is 18.2 Å². The maximum Gasteiger partial charge on any atom is 0.180 e. The molecule has 32 heavy (non-hydrogen) atoms. The molecule has 0 aliphatic heterocycles. The van der Waals surface area contributed by atoms with E-state index in [1.165, 1.54) is 5.56 Å². The van der Waals surface area contributed by atoms with Gasteiger partial charge in [-0.2, -0.15) is 0 Å². The number of tetrazole rings is 1. The van der Waals surface area contributed by atoms with Crippen LogP contribution in [0.25, 0.3) is 33.7 Å². The Balaban J connectivity index is 0.00000245. The van der Waals surface area contributed by atoms with E-state index in [1.807, 2.05) is 36.5 Å². The fourth-order valence-electron chi connectivity index (χ4n) is 3.88. The van der Waals surface area contributed by atoms with Crippen LogP contribution in [0.1, 0.15) is 31.2 Å². The van der Waals surface area contributed by atoms with Crippen LogP contribution in [0.5, 0.6) is 0 Å². The minimum atomic E-state index is 0. The number of hydrogen-bond acceptors (Lipinski definition) is 5. The van der Waals surface area contributed by atoms with E-state index in [-0.39, 0.29) is 12.4 Å². The van der Waals surface area contributed by atoms with Gasteiger partial charge in [-0.25, -0.2) is 15.1 Å². The molecule has 0 atom stereocenters. The molecule has 0 unspecified atom stereocenters. The smallest absolute Gasteiger partial charge is 0.180 e. The third-order valence-corrected chi connectivity index (χ3v) is 5.47. The van der Waals surface area contributed by atoms with Gasteiger partial charge in [-0.3, -0.25) is 0 Å². The molecule has 2 aromatic carbocycles. The second kappa shape index (κ2) is 9.70. The summed E-state index contributed by atoms with van der Waals surface area (Å²) in [5.41, 5.74) is 6.30. The molecule has 0 saturated carbocycles. The summed E-state index contributed by atoms with van der Waals surface area (Å²) in [6.45, 7) is 2.96. The van der Waals surface area contributed by atoms with Crippen molar-refractivity contribution < 1.29 is 0 Å². The first kappa shape index (κ1) is 21.6. The highest BCUT2D eigenvalue weighted by Gasteiger charge is 2.13. The Hall–Kier alpha value is -3.58. The molecule has 5 aromatic rings. The highest BCUT2D eigenvalue weighted by Crippen LogP contribution is 2.30. The lowest BCUT2D eigenvalue weighted by Crippen LogP contribution is -2.06. The predicted octanol–water partition coefficient (Wildman–Crippen LogP) is 5.09. The van der Waals surface area contributed by atoms with E-state index in [4.69, 9.17) is 4.98 Å². The van der Waals surface area contributed by atoms with Crippen LogP contribution in [0.2, 0.25) is 0 Å². The highest BCUT2D eigenvalue weighted by atomic mass is 35.5. The number of unbranched alkanes of at least 4 members (excludes halogenated alkanes) is 1. The zero-order valence-electron chi connectivity index (χ0n) is 17.8. The molecular formula is C24H24ClN7. The fraction of sp³-hybridized carbons (Fsp3) is 0.208. The van der Waals surface area contributed by atoms with Gasteiger partial charge in [0.2, 0.25) is 0 Å². The Morgan fingerprint density at radius 3 is 2.50 bits per heavy atom. The third-order valence-electron chi connectivity index (χ3n) is 5.47. The molecule has 0 spiro atoms. The maximum absolute atomic E-state index is 4.83. The van der Waals surface area contributed by atoms with Gasteiger partial charge in [-0.05, 0) is 45.7 Å². The molecule has 3 aromatic heterocycles. The number of H-pyrrole nitrogens is 1. The first-order valence-electron chi connectivity index (χ1n) is 10.6. The average molecular weight is 446 g/mol. The first-order chi connectivity index (χ1) is 15.3. The molecule has 8 heteroatoms. The molecule has 5 rings (SSSR count). The summed E-state index contributed by atoms with van der Waals surface area (Å²) in [7, 11) is 0. The lowest BCUT2D eigenvalue weighted by molar-refractivity contribution is 0.686. The lowest BCUT2D eigenvalue weighted by atomic mass is 9.98. The number of aromatic amines is 1. The molecule has 0 aliphatic rings. The molecule has 0 bridgehead atoms. The number of aromatic nitrogens is 7. The predicted molar refractivity (Wildman–Crippen MR) is 128 cm³/mol. The minimum Gasteiger partial charge on any atom is -0.308 e. The van der Waals surface area contributed by atoms with E-state index in [0.29, 0.717) is 5.82 Å². The summed E-state index contributed by atoms with van der Waals surface area (Å²) < 4.78 is 2.24. The molecule has 0 radical (unpaired) electrons. The monoisotopic (exact) mass is 445 g/mol. The number of nitrogens with zero attached hydrogens (tertiary/aromatic N) is 6. The summed E-state index contributed by atoms with van der Waals surface area (Å²) in [6, 6.07) is 20.7. The van der Waals surface area contributed by atoms with Gasteiger partial charge >= 0.3 is 0 Å². The topological polar surface area (TPSA) is 85.2 Å². The van der Waals surface area contributed by atoms with Gasteiger partial charge in [0.25, 0.3) is 0 Å². The Morgan fingerprint density at radius 1 is 0.938 bits per heavy atom. The number of rotatable bonds is 7. The Labute approximate surface area is 192 Å². The van der Waals surface area contributed by atoms with Crippen molar-refractivity contribution in [2.75, 3.05) is 0 Å². The Kier molecular flexibility index (Phi) is 6.56. The SMILES string of the molecule is CCCCc1nc2cccnc2n1Cc1ccc(-c2ccccc2-c2nnn[nH]2)cc1.Cl. The molecule has 0 aliphatic carbocycles. The van der Waals surface area contributed by atoms with Crippen molar-refractivity contribution >= 4 is 23.6 Å². The van der Waals surface area contributed by atoms with Crippen LogP contribution in [0.15, 0.2) is 66.9 Å². The van der Waals surface area contributed by atoms with E-state index in [9.17, 15) is 0 Å². The largest absolute Gasteiger partial charge is 0.308 e. The second-order valence-corrected chi connectivity index (χ2v) is 7.56. The third kappa shape index (κ3) is 4.24. The van der Waals surface area contributed by atoms with Crippen LogP contribution < -0.4 is 0 Å². The van der Waals surface area contributed by atoms with Crippen molar-refractivity contribution in [2.24, 2.45) is 0 Å². The van der Waals surface area contributed by atoms with Crippen LogP contribution >= 0.6 is 12.4 Å². The number of nitrogens with one attached hydrogen (secondary N) is 1. The zero-order valence-corrected chi connectivity index (χ0v) is 18.6. The number of halogens is 1. The van der Waals surface area contributed by atoms with Crippen LogP contribution in [0.3, 0.4) is 0 Å². The molecule has 7 nitrogen and oxygen atoms in total. The molecule has 0 amide bonds. The van der Waals surface area contributed by atoms with Crippen LogP contribution in [-0.2, 0) is 13.0 Å². The maximum atomic E-state index is 4.83.